The van der Waals surface area contributed by atoms with Gasteiger partial charge in [0.1, 0.15) is 17.3 Å². The molecule has 6 heteroatoms. The van der Waals surface area contributed by atoms with Crippen LogP contribution in [0.25, 0.3) is 0 Å². The summed E-state index contributed by atoms with van der Waals surface area (Å²) in [4.78, 5) is 16.6. The molecule has 0 unspecified atom stereocenters. The van der Waals surface area contributed by atoms with Gasteiger partial charge in [0, 0.05) is 12.1 Å². The van der Waals surface area contributed by atoms with Crippen LogP contribution < -0.4 is 20.1 Å². The topological polar surface area (TPSA) is 72.5 Å². The summed E-state index contributed by atoms with van der Waals surface area (Å²) in [6.07, 6.45) is 2.57. The number of nitrogens with zero attached hydrogens (tertiary/aromatic N) is 1. The Labute approximate surface area is 164 Å². The number of rotatable bonds is 8. The van der Waals surface area contributed by atoms with Gasteiger partial charge in [-0.2, -0.15) is 0 Å². The number of benzene rings is 2. The van der Waals surface area contributed by atoms with E-state index in [0.717, 1.165) is 24.4 Å². The summed E-state index contributed by atoms with van der Waals surface area (Å²) >= 11 is 0. The zero-order valence-electron chi connectivity index (χ0n) is 15.9. The molecule has 1 aromatic heterocycles. The van der Waals surface area contributed by atoms with E-state index < -0.39 is 0 Å². The third kappa shape index (κ3) is 5.23. The average molecular weight is 377 g/mol. The van der Waals surface area contributed by atoms with Gasteiger partial charge in [0.25, 0.3) is 5.91 Å². The maximum absolute atomic E-state index is 12.3. The lowest BCUT2D eigenvalue weighted by molar-refractivity contribution is 0.102. The molecule has 0 atom stereocenters. The smallest absolute Gasteiger partial charge is 0.256 e. The van der Waals surface area contributed by atoms with Gasteiger partial charge in [0.05, 0.1) is 26.1 Å². The van der Waals surface area contributed by atoms with Gasteiger partial charge in [-0.05, 0) is 60.5 Å². The average Bonchev–Trinajstić information content (AvgIpc) is 2.75. The molecule has 0 fully saturated rings. The van der Waals surface area contributed by atoms with Crippen molar-refractivity contribution in [2.45, 2.75) is 6.42 Å². The number of pyridine rings is 1. The van der Waals surface area contributed by atoms with E-state index in [0.29, 0.717) is 17.1 Å². The highest BCUT2D eigenvalue weighted by atomic mass is 16.5. The molecule has 0 aliphatic carbocycles. The van der Waals surface area contributed by atoms with Crippen LogP contribution in [0.5, 0.6) is 11.5 Å². The van der Waals surface area contributed by atoms with Crippen molar-refractivity contribution in [3.63, 3.8) is 0 Å². The van der Waals surface area contributed by atoms with E-state index in [-0.39, 0.29) is 5.91 Å². The zero-order valence-corrected chi connectivity index (χ0v) is 15.9. The van der Waals surface area contributed by atoms with E-state index in [2.05, 4.69) is 21.7 Å². The number of aromatic nitrogens is 1. The molecule has 28 heavy (non-hydrogen) atoms. The molecule has 0 radical (unpaired) electrons. The Balaban J connectivity index is 1.50. The third-order valence-electron chi connectivity index (χ3n) is 4.23. The van der Waals surface area contributed by atoms with Crippen LogP contribution in [0.1, 0.15) is 15.9 Å². The highest BCUT2D eigenvalue weighted by Gasteiger charge is 2.07. The fourth-order valence-corrected chi connectivity index (χ4v) is 2.68. The summed E-state index contributed by atoms with van der Waals surface area (Å²) in [6.45, 7) is 0.770. The van der Waals surface area contributed by atoms with Crippen LogP contribution in [-0.4, -0.2) is 31.7 Å². The summed E-state index contributed by atoms with van der Waals surface area (Å²) in [6, 6.07) is 18.6. The largest absolute Gasteiger partial charge is 0.497 e. The van der Waals surface area contributed by atoms with Crippen LogP contribution in [-0.2, 0) is 6.42 Å². The number of anilines is 2. The Hall–Kier alpha value is -3.54. The molecule has 0 aliphatic heterocycles. The van der Waals surface area contributed by atoms with E-state index in [1.165, 1.54) is 5.56 Å². The number of amides is 1. The van der Waals surface area contributed by atoms with Gasteiger partial charge < -0.3 is 20.1 Å². The van der Waals surface area contributed by atoms with Crippen molar-refractivity contribution in [2.75, 3.05) is 31.4 Å². The number of carbonyl (C=O) groups is 1. The fraction of sp³-hybridized carbons (Fsp3) is 0.182. The Morgan fingerprint density at radius 1 is 0.964 bits per heavy atom. The van der Waals surface area contributed by atoms with Crippen molar-refractivity contribution < 1.29 is 14.3 Å². The van der Waals surface area contributed by atoms with Gasteiger partial charge in [0.2, 0.25) is 0 Å². The van der Waals surface area contributed by atoms with Gasteiger partial charge >= 0.3 is 0 Å². The maximum Gasteiger partial charge on any atom is 0.256 e. The van der Waals surface area contributed by atoms with Crippen LogP contribution in [0.3, 0.4) is 0 Å². The van der Waals surface area contributed by atoms with Crippen LogP contribution in [0.2, 0.25) is 0 Å². The Morgan fingerprint density at radius 2 is 1.75 bits per heavy atom. The first kappa shape index (κ1) is 19.2. The molecular formula is C22H23N3O3. The lowest BCUT2D eigenvalue weighted by Crippen LogP contribution is -2.13. The molecule has 1 amide bonds. The van der Waals surface area contributed by atoms with Crippen LogP contribution >= 0.6 is 0 Å². The highest BCUT2D eigenvalue weighted by molar-refractivity contribution is 6.03. The van der Waals surface area contributed by atoms with Crippen molar-refractivity contribution in [3.05, 3.63) is 78.0 Å². The van der Waals surface area contributed by atoms with E-state index >= 15 is 0 Å². The number of ether oxygens (including phenoxy) is 2. The molecule has 3 rings (SSSR count). The number of methoxy groups -OCH3 is 2. The van der Waals surface area contributed by atoms with Crippen molar-refractivity contribution >= 4 is 17.4 Å². The molecule has 1 heterocycles. The van der Waals surface area contributed by atoms with E-state index in [1.54, 1.807) is 50.7 Å². The number of carbonyl (C=O) groups excluding carboxylic acids is 1. The monoisotopic (exact) mass is 377 g/mol. The number of nitrogens with one attached hydrogen (secondary N) is 2. The first-order valence-electron chi connectivity index (χ1n) is 8.96. The van der Waals surface area contributed by atoms with Gasteiger partial charge in [-0.1, -0.05) is 12.1 Å². The normalized spacial score (nSPS) is 10.2. The second kappa shape index (κ2) is 9.41. The Bertz CT molecular complexity index is 909. The highest BCUT2D eigenvalue weighted by Crippen LogP contribution is 2.15. The van der Waals surface area contributed by atoms with E-state index in [1.807, 2.05) is 24.3 Å². The van der Waals surface area contributed by atoms with Gasteiger partial charge in [-0.25, -0.2) is 4.98 Å². The van der Waals surface area contributed by atoms with Gasteiger partial charge in [-0.15, -0.1) is 0 Å². The Morgan fingerprint density at radius 3 is 2.43 bits per heavy atom. The SMILES string of the molecule is COc1ccc(C(=O)Nc2ccc(NCCc3cccc(OC)c3)cn2)cc1. The minimum absolute atomic E-state index is 0.214. The van der Waals surface area contributed by atoms with Crippen LogP contribution in [0.4, 0.5) is 11.5 Å². The summed E-state index contributed by atoms with van der Waals surface area (Å²) in [5.41, 5.74) is 2.64. The van der Waals surface area contributed by atoms with Crippen LogP contribution in [0, 0.1) is 0 Å². The molecule has 2 N–H and O–H groups in total. The third-order valence-corrected chi connectivity index (χ3v) is 4.23. The molecule has 0 aliphatic rings. The quantitative estimate of drug-likeness (QED) is 0.621. The predicted molar refractivity (Wildman–Crippen MR) is 110 cm³/mol. The number of hydrogen-bond donors (Lipinski definition) is 2. The molecule has 3 aromatic rings. The van der Waals surface area contributed by atoms with Crippen molar-refractivity contribution in [1.82, 2.24) is 4.98 Å². The summed E-state index contributed by atoms with van der Waals surface area (Å²) in [5.74, 6) is 1.85. The molecule has 0 saturated heterocycles. The summed E-state index contributed by atoms with van der Waals surface area (Å²) in [7, 11) is 3.25. The van der Waals surface area contributed by atoms with Crippen molar-refractivity contribution in [1.29, 1.82) is 0 Å². The van der Waals surface area contributed by atoms with E-state index in [4.69, 9.17) is 9.47 Å². The molecular weight excluding hydrogens is 354 g/mol. The molecule has 144 valence electrons. The minimum atomic E-state index is -0.214. The zero-order chi connectivity index (χ0) is 19.8. The van der Waals surface area contributed by atoms with Crippen molar-refractivity contribution in [2.24, 2.45) is 0 Å². The van der Waals surface area contributed by atoms with Crippen molar-refractivity contribution in [3.8, 4) is 11.5 Å². The second-order valence-electron chi connectivity index (χ2n) is 6.14. The Kier molecular flexibility index (Phi) is 6.46. The first-order valence-corrected chi connectivity index (χ1v) is 8.96. The summed E-state index contributed by atoms with van der Waals surface area (Å²) < 4.78 is 10.3. The lowest BCUT2D eigenvalue weighted by atomic mass is 10.1. The first-order chi connectivity index (χ1) is 13.7. The lowest BCUT2D eigenvalue weighted by Gasteiger charge is -2.09. The molecule has 0 bridgehead atoms. The van der Waals surface area contributed by atoms with Crippen LogP contribution in [0.15, 0.2) is 66.9 Å². The second-order valence-corrected chi connectivity index (χ2v) is 6.14. The maximum atomic E-state index is 12.3. The van der Waals surface area contributed by atoms with Gasteiger partial charge in [0.15, 0.2) is 0 Å². The molecule has 0 spiro atoms. The summed E-state index contributed by atoms with van der Waals surface area (Å²) in [5, 5.41) is 6.11. The molecule has 6 nitrogen and oxygen atoms in total. The van der Waals surface area contributed by atoms with Gasteiger partial charge in [-0.3, -0.25) is 4.79 Å². The molecule has 2 aromatic carbocycles. The minimum Gasteiger partial charge on any atom is -0.497 e. The standard InChI is InChI=1S/C22H23N3O3/c1-27-19-9-6-17(7-10-19)22(26)25-21-11-8-18(15-24-21)23-13-12-16-4-3-5-20(14-16)28-2/h3-11,14-15,23H,12-13H2,1-2H3,(H,24,25,26). The van der Waals surface area contributed by atoms with E-state index in [9.17, 15) is 4.79 Å². The molecule has 0 saturated carbocycles. The number of hydrogen-bond acceptors (Lipinski definition) is 5. The predicted octanol–water partition coefficient (Wildman–Crippen LogP) is 4.01. The fourth-order valence-electron chi connectivity index (χ4n) is 2.68.